The van der Waals surface area contributed by atoms with Crippen LogP contribution in [0.3, 0.4) is 0 Å². The van der Waals surface area contributed by atoms with Gasteiger partial charge in [0.15, 0.2) is 23.0 Å². The van der Waals surface area contributed by atoms with Crippen molar-refractivity contribution >= 4 is 29.2 Å². The maximum atomic E-state index is 13.5. The molecule has 1 heterocycles. The second-order valence-corrected chi connectivity index (χ2v) is 10.9. The van der Waals surface area contributed by atoms with Crippen molar-refractivity contribution in [3.05, 3.63) is 89.0 Å². The zero-order valence-corrected chi connectivity index (χ0v) is 25.6. The standard InChI is InChI=1S/C34H32F2N4O6/c1-40-14-13-18-15-26(43-2)31(45-4)30-28(18)25(40)16-23-24(39-33(41)37-21-9-5-19(35)6-10-21)17-27(44-3)32(29(23)30)46-34(42)38-22-11-7-20(36)8-12-22/h5-12,15,17,25H,13-14,16H2,1-4H3,(H,38,42)(H2,37,39,41)/t25-/m0/s1. The maximum absolute atomic E-state index is 13.5. The van der Waals surface area contributed by atoms with E-state index in [2.05, 4.69) is 20.9 Å². The van der Waals surface area contributed by atoms with Crippen molar-refractivity contribution < 1.29 is 37.3 Å². The summed E-state index contributed by atoms with van der Waals surface area (Å²) in [6.07, 6.45) is 0.367. The first-order valence-corrected chi connectivity index (χ1v) is 14.5. The van der Waals surface area contributed by atoms with E-state index < -0.39 is 23.8 Å². The lowest BCUT2D eigenvalue weighted by Crippen LogP contribution is -2.36. The number of nitrogens with one attached hydrogen (secondary N) is 3. The highest BCUT2D eigenvalue weighted by atomic mass is 19.1. The summed E-state index contributed by atoms with van der Waals surface area (Å²) in [5.74, 6) is 0.313. The highest BCUT2D eigenvalue weighted by molar-refractivity contribution is 6.03. The number of halogens is 2. The number of benzene rings is 4. The number of carbonyl (C=O) groups excluding carboxylic acids is 2. The molecular weight excluding hydrogens is 598 g/mol. The van der Waals surface area contributed by atoms with E-state index in [9.17, 15) is 18.4 Å². The fourth-order valence-electron chi connectivity index (χ4n) is 6.13. The van der Waals surface area contributed by atoms with E-state index in [4.69, 9.17) is 18.9 Å². The van der Waals surface area contributed by atoms with Gasteiger partial charge in [0, 0.05) is 41.2 Å². The molecule has 1 aliphatic carbocycles. The zero-order chi connectivity index (χ0) is 32.5. The summed E-state index contributed by atoms with van der Waals surface area (Å²) in [5, 5.41) is 8.26. The molecule has 2 aliphatic rings. The number of likely N-dealkylation sites (N-methyl/N-ethyl adjacent to an activating group) is 1. The van der Waals surface area contributed by atoms with E-state index in [0.29, 0.717) is 51.7 Å². The minimum atomic E-state index is -0.836. The highest BCUT2D eigenvalue weighted by Crippen LogP contribution is 2.58. The first-order valence-electron chi connectivity index (χ1n) is 14.5. The Morgan fingerprint density at radius 1 is 0.783 bits per heavy atom. The van der Waals surface area contributed by atoms with Crippen molar-refractivity contribution in [2.75, 3.05) is 50.9 Å². The molecular formula is C34H32F2N4O6. The summed E-state index contributed by atoms with van der Waals surface area (Å²) in [4.78, 5) is 28.8. The van der Waals surface area contributed by atoms with Gasteiger partial charge in [-0.25, -0.2) is 18.4 Å². The molecule has 0 fully saturated rings. The van der Waals surface area contributed by atoms with Crippen LogP contribution in [0.5, 0.6) is 23.0 Å². The summed E-state index contributed by atoms with van der Waals surface area (Å²) in [5.41, 5.74) is 5.01. The lowest BCUT2D eigenvalue weighted by Gasteiger charge is -2.41. The predicted octanol–water partition coefficient (Wildman–Crippen LogP) is 7.00. The molecule has 0 aromatic heterocycles. The maximum Gasteiger partial charge on any atom is 0.417 e. The minimum absolute atomic E-state index is 0.0962. The molecule has 0 bridgehead atoms. The Hall–Kier alpha value is -5.36. The van der Waals surface area contributed by atoms with Crippen LogP contribution >= 0.6 is 0 Å². The number of nitrogens with zero attached hydrogens (tertiary/aromatic N) is 1. The SMILES string of the molecule is COc1cc(NC(=O)Nc2ccc(F)cc2)c2c(c1OC(=O)Nc1ccc(F)cc1)-c1c(OC)c(OC)cc3c1[C@H](C2)N(C)CC3. The van der Waals surface area contributed by atoms with Gasteiger partial charge in [-0.3, -0.25) is 10.2 Å². The van der Waals surface area contributed by atoms with Crippen LogP contribution in [0.15, 0.2) is 60.7 Å². The van der Waals surface area contributed by atoms with Crippen LogP contribution in [0.4, 0.5) is 35.4 Å². The average Bonchev–Trinajstić information content (AvgIpc) is 3.05. The normalized spacial score (nSPS) is 14.8. The largest absolute Gasteiger partial charge is 0.493 e. The summed E-state index contributed by atoms with van der Waals surface area (Å²) in [7, 11) is 6.55. The van der Waals surface area contributed by atoms with Crippen LogP contribution in [0.25, 0.3) is 11.1 Å². The summed E-state index contributed by atoms with van der Waals surface area (Å²) >= 11 is 0. The number of anilines is 3. The van der Waals surface area contributed by atoms with Crippen LogP contribution in [-0.4, -0.2) is 51.9 Å². The van der Waals surface area contributed by atoms with Gasteiger partial charge >= 0.3 is 12.1 Å². The highest BCUT2D eigenvalue weighted by Gasteiger charge is 2.40. The van der Waals surface area contributed by atoms with E-state index >= 15 is 0 Å². The lowest BCUT2D eigenvalue weighted by atomic mass is 9.75. The Labute approximate surface area is 264 Å². The predicted molar refractivity (Wildman–Crippen MR) is 169 cm³/mol. The number of amides is 3. The van der Waals surface area contributed by atoms with Gasteiger partial charge in [0.1, 0.15) is 11.6 Å². The number of carbonyl (C=O) groups is 2. The Bertz CT molecular complexity index is 1810. The molecule has 0 saturated carbocycles. The number of fused-ring (bicyclic) bond motifs is 2. The van der Waals surface area contributed by atoms with Crippen LogP contribution < -0.4 is 34.9 Å². The van der Waals surface area contributed by atoms with Crippen LogP contribution in [0.1, 0.15) is 22.7 Å². The molecule has 6 rings (SSSR count). The molecule has 12 heteroatoms. The Kier molecular flexibility index (Phi) is 8.37. The van der Waals surface area contributed by atoms with Crippen LogP contribution in [-0.2, 0) is 12.8 Å². The second kappa shape index (κ2) is 12.6. The number of hydrogen-bond donors (Lipinski definition) is 3. The van der Waals surface area contributed by atoms with Crippen molar-refractivity contribution in [3.63, 3.8) is 0 Å². The van der Waals surface area contributed by atoms with Crippen molar-refractivity contribution in [1.82, 2.24) is 4.90 Å². The number of ether oxygens (including phenoxy) is 4. The minimum Gasteiger partial charge on any atom is -0.493 e. The van der Waals surface area contributed by atoms with Crippen LogP contribution in [0.2, 0.25) is 0 Å². The Morgan fingerprint density at radius 2 is 1.39 bits per heavy atom. The van der Waals surface area contributed by atoms with E-state index in [1.807, 2.05) is 13.1 Å². The van der Waals surface area contributed by atoms with Gasteiger partial charge in [0.25, 0.3) is 0 Å². The smallest absolute Gasteiger partial charge is 0.417 e. The third-order valence-electron chi connectivity index (χ3n) is 8.25. The molecule has 10 nitrogen and oxygen atoms in total. The topological polar surface area (TPSA) is 110 Å². The molecule has 0 spiro atoms. The molecule has 1 aliphatic heterocycles. The third-order valence-corrected chi connectivity index (χ3v) is 8.25. The molecule has 238 valence electrons. The van der Waals surface area contributed by atoms with Crippen LogP contribution in [0, 0.1) is 11.6 Å². The Morgan fingerprint density at radius 3 is 2.00 bits per heavy atom. The zero-order valence-electron chi connectivity index (χ0n) is 25.6. The van der Waals surface area contributed by atoms with Gasteiger partial charge in [-0.2, -0.15) is 0 Å². The summed E-state index contributed by atoms with van der Waals surface area (Å²) in [6.45, 7) is 0.787. The number of rotatable bonds is 7. The monoisotopic (exact) mass is 630 g/mol. The molecule has 0 unspecified atom stereocenters. The fourth-order valence-corrected chi connectivity index (χ4v) is 6.13. The van der Waals surface area contributed by atoms with E-state index in [1.165, 1.54) is 62.8 Å². The van der Waals surface area contributed by atoms with Crippen molar-refractivity contribution in [2.24, 2.45) is 0 Å². The van der Waals surface area contributed by atoms with Gasteiger partial charge in [-0.1, -0.05) is 0 Å². The van der Waals surface area contributed by atoms with Gasteiger partial charge in [-0.15, -0.1) is 0 Å². The van der Waals surface area contributed by atoms with Gasteiger partial charge in [-0.05, 0) is 91.2 Å². The fraction of sp³-hybridized carbons (Fsp3) is 0.235. The average molecular weight is 631 g/mol. The molecule has 4 aromatic rings. The quantitative estimate of drug-likeness (QED) is 0.202. The number of urea groups is 1. The molecule has 1 atom stereocenters. The first-order chi connectivity index (χ1) is 22.2. The van der Waals surface area contributed by atoms with E-state index in [-0.39, 0.29) is 17.5 Å². The van der Waals surface area contributed by atoms with Gasteiger partial charge in [0.05, 0.1) is 27.0 Å². The molecule has 0 radical (unpaired) electrons. The molecule has 4 aromatic carbocycles. The van der Waals surface area contributed by atoms with Gasteiger partial charge in [0.2, 0.25) is 0 Å². The first kappa shape index (κ1) is 30.7. The van der Waals surface area contributed by atoms with E-state index in [0.717, 1.165) is 24.1 Å². The third kappa shape index (κ3) is 5.74. The molecule has 46 heavy (non-hydrogen) atoms. The van der Waals surface area contributed by atoms with E-state index in [1.54, 1.807) is 13.2 Å². The van der Waals surface area contributed by atoms with Crippen molar-refractivity contribution in [2.45, 2.75) is 18.9 Å². The summed E-state index contributed by atoms with van der Waals surface area (Å²) in [6, 6.07) is 13.6. The number of methoxy groups -OCH3 is 3. The molecule has 3 N–H and O–H groups in total. The molecule has 0 saturated heterocycles. The van der Waals surface area contributed by atoms with Gasteiger partial charge < -0.3 is 29.6 Å². The molecule has 3 amide bonds. The van der Waals surface area contributed by atoms with Crippen molar-refractivity contribution in [1.29, 1.82) is 0 Å². The summed E-state index contributed by atoms with van der Waals surface area (Å²) < 4.78 is 50.4. The Balaban J connectivity index is 1.52. The number of hydrogen-bond acceptors (Lipinski definition) is 7. The second-order valence-electron chi connectivity index (χ2n) is 10.9. The van der Waals surface area contributed by atoms with Crippen molar-refractivity contribution in [3.8, 4) is 34.1 Å². The lowest BCUT2D eigenvalue weighted by molar-refractivity contribution is 0.212.